The van der Waals surface area contributed by atoms with Crippen LogP contribution in [0, 0.1) is 0 Å². The molecule has 0 aliphatic carbocycles. The number of ketones is 1. The molecule has 0 unspecified atom stereocenters. The molecular formula is C6H12ClNO2. The minimum atomic E-state index is -0.211. The number of halogens is 1. The molecule has 4 heteroatoms. The molecule has 0 aromatic rings. The Labute approximate surface area is 65.7 Å². The lowest BCUT2D eigenvalue weighted by Crippen LogP contribution is -2.35. The number of rotatable bonds is 5. The normalized spacial score (nSPS) is 13.1. The standard InChI is InChI=1S/C6H12ClNO2/c1-5(6(9)3-7)8-4-10-2/h5,8H,3-4H2,1-2H3/t5-/m0/s1. The van der Waals surface area contributed by atoms with Crippen LogP contribution in [-0.2, 0) is 9.53 Å². The summed E-state index contributed by atoms with van der Waals surface area (Å²) in [5, 5.41) is 2.83. The van der Waals surface area contributed by atoms with E-state index in [0.717, 1.165) is 0 Å². The zero-order valence-corrected chi connectivity index (χ0v) is 6.94. The van der Waals surface area contributed by atoms with Crippen LogP contribution in [0.2, 0.25) is 0 Å². The van der Waals surface area contributed by atoms with Gasteiger partial charge >= 0.3 is 0 Å². The molecule has 10 heavy (non-hydrogen) atoms. The molecule has 60 valence electrons. The number of Topliss-reactive ketones (excluding diaryl/α,β-unsaturated/α-hetero) is 1. The van der Waals surface area contributed by atoms with Crippen molar-refractivity contribution in [2.75, 3.05) is 19.7 Å². The highest BCUT2D eigenvalue weighted by Gasteiger charge is 2.08. The van der Waals surface area contributed by atoms with Crippen molar-refractivity contribution in [2.24, 2.45) is 0 Å². The Morgan fingerprint density at radius 2 is 2.40 bits per heavy atom. The van der Waals surface area contributed by atoms with Crippen LogP contribution in [-0.4, -0.2) is 31.5 Å². The van der Waals surface area contributed by atoms with Gasteiger partial charge in [0.2, 0.25) is 0 Å². The minimum Gasteiger partial charge on any atom is -0.370 e. The van der Waals surface area contributed by atoms with Crippen LogP contribution in [0.25, 0.3) is 0 Å². The second-order valence-electron chi connectivity index (χ2n) is 1.96. The van der Waals surface area contributed by atoms with Crippen molar-refractivity contribution in [1.82, 2.24) is 5.32 Å². The van der Waals surface area contributed by atoms with Crippen molar-refractivity contribution in [3.63, 3.8) is 0 Å². The molecule has 0 aliphatic rings. The molecular weight excluding hydrogens is 154 g/mol. The number of methoxy groups -OCH3 is 1. The Hall–Kier alpha value is -0.120. The first-order valence-corrected chi connectivity index (χ1v) is 3.56. The molecule has 0 aliphatic heterocycles. The predicted octanol–water partition coefficient (Wildman–Crippen LogP) is 0.376. The van der Waals surface area contributed by atoms with Crippen molar-refractivity contribution >= 4 is 17.4 Å². The van der Waals surface area contributed by atoms with E-state index in [1.165, 1.54) is 0 Å². The summed E-state index contributed by atoms with van der Waals surface area (Å²) in [5.74, 6) is 0.0384. The Kier molecular flexibility index (Phi) is 5.58. The molecule has 0 bridgehead atoms. The molecule has 0 heterocycles. The van der Waals surface area contributed by atoms with E-state index in [1.54, 1.807) is 14.0 Å². The van der Waals surface area contributed by atoms with Crippen LogP contribution in [0.4, 0.5) is 0 Å². The molecule has 1 N–H and O–H groups in total. The lowest BCUT2D eigenvalue weighted by molar-refractivity contribution is -0.118. The number of alkyl halides is 1. The lowest BCUT2D eigenvalue weighted by Gasteiger charge is -2.08. The molecule has 0 aromatic carbocycles. The Morgan fingerprint density at radius 1 is 1.80 bits per heavy atom. The first-order chi connectivity index (χ1) is 4.72. The third kappa shape index (κ3) is 3.82. The van der Waals surface area contributed by atoms with E-state index in [0.29, 0.717) is 6.73 Å². The van der Waals surface area contributed by atoms with E-state index in [-0.39, 0.29) is 17.7 Å². The molecule has 0 aromatic heterocycles. The van der Waals surface area contributed by atoms with Gasteiger partial charge in [-0.2, -0.15) is 0 Å². The summed E-state index contributed by atoms with van der Waals surface area (Å²) in [6.07, 6.45) is 0. The van der Waals surface area contributed by atoms with Crippen molar-refractivity contribution in [2.45, 2.75) is 13.0 Å². The fraction of sp³-hybridized carbons (Fsp3) is 0.833. The van der Waals surface area contributed by atoms with Crippen LogP contribution in [0.3, 0.4) is 0 Å². The van der Waals surface area contributed by atoms with Crippen LogP contribution in [0.1, 0.15) is 6.92 Å². The molecule has 0 rings (SSSR count). The van der Waals surface area contributed by atoms with Gasteiger partial charge in [0, 0.05) is 7.11 Å². The van der Waals surface area contributed by atoms with E-state index >= 15 is 0 Å². The Morgan fingerprint density at radius 3 is 2.80 bits per heavy atom. The molecule has 0 amide bonds. The summed E-state index contributed by atoms with van der Waals surface area (Å²) in [5.41, 5.74) is 0. The summed E-state index contributed by atoms with van der Waals surface area (Å²) in [7, 11) is 1.56. The van der Waals surface area contributed by atoms with Crippen molar-refractivity contribution in [3.05, 3.63) is 0 Å². The third-order valence-corrected chi connectivity index (χ3v) is 1.41. The van der Waals surface area contributed by atoms with Gasteiger partial charge in [0.25, 0.3) is 0 Å². The maximum absolute atomic E-state index is 10.8. The van der Waals surface area contributed by atoms with Gasteiger partial charge in [-0.25, -0.2) is 0 Å². The van der Waals surface area contributed by atoms with Gasteiger partial charge in [0.15, 0.2) is 5.78 Å². The quantitative estimate of drug-likeness (QED) is 0.473. The van der Waals surface area contributed by atoms with Gasteiger partial charge in [0.05, 0.1) is 18.7 Å². The van der Waals surface area contributed by atoms with E-state index < -0.39 is 0 Å². The SMILES string of the molecule is COCN[C@@H](C)C(=O)CCl. The van der Waals surface area contributed by atoms with Crippen molar-refractivity contribution < 1.29 is 9.53 Å². The molecule has 0 fully saturated rings. The van der Waals surface area contributed by atoms with E-state index in [4.69, 9.17) is 16.3 Å². The summed E-state index contributed by atoms with van der Waals surface area (Å²) < 4.78 is 4.70. The Balaban J connectivity index is 3.41. The first-order valence-electron chi connectivity index (χ1n) is 3.03. The zero-order chi connectivity index (χ0) is 7.98. The molecule has 1 atom stereocenters. The second kappa shape index (κ2) is 5.65. The average molecular weight is 166 g/mol. The summed E-state index contributed by atoms with van der Waals surface area (Å²) >= 11 is 5.30. The highest BCUT2D eigenvalue weighted by molar-refractivity contribution is 6.28. The van der Waals surface area contributed by atoms with E-state index in [2.05, 4.69) is 5.32 Å². The number of carbonyl (C=O) groups is 1. The smallest absolute Gasteiger partial charge is 0.164 e. The molecule has 0 saturated carbocycles. The highest BCUT2D eigenvalue weighted by atomic mass is 35.5. The van der Waals surface area contributed by atoms with Crippen LogP contribution < -0.4 is 5.32 Å². The van der Waals surface area contributed by atoms with Gasteiger partial charge in [-0.1, -0.05) is 0 Å². The predicted molar refractivity (Wildman–Crippen MR) is 40.2 cm³/mol. The fourth-order valence-corrected chi connectivity index (χ4v) is 0.669. The van der Waals surface area contributed by atoms with Crippen LogP contribution >= 0.6 is 11.6 Å². The number of carbonyl (C=O) groups excluding carboxylic acids is 1. The molecule has 3 nitrogen and oxygen atoms in total. The number of ether oxygens (including phenoxy) is 1. The van der Waals surface area contributed by atoms with E-state index in [9.17, 15) is 4.79 Å². The van der Waals surface area contributed by atoms with Gasteiger partial charge in [-0.15, -0.1) is 11.6 Å². The molecule has 0 saturated heterocycles. The second-order valence-corrected chi connectivity index (χ2v) is 2.23. The fourth-order valence-electron chi connectivity index (χ4n) is 0.438. The first kappa shape index (κ1) is 9.88. The van der Waals surface area contributed by atoms with Crippen LogP contribution in [0.15, 0.2) is 0 Å². The maximum Gasteiger partial charge on any atom is 0.164 e. The zero-order valence-electron chi connectivity index (χ0n) is 6.19. The monoisotopic (exact) mass is 165 g/mol. The van der Waals surface area contributed by atoms with Gasteiger partial charge in [0.1, 0.15) is 0 Å². The number of hydrogen-bond donors (Lipinski definition) is 1. The van der Waals surface area contributed by atoms with Crippen molar-refractivity contribution in [3.8, 4) is 0 Å². The lowest BCUT2D eigenvalue weighted by atomic mass is 10.2. The maximum atomic E-state index is 10.8. The van der Waals surface area contributed by atoms with Crippen LogP contribution in [0.5, 0.6) is 0 Å². The van der Waals surface area contributed by atoms with E-state index in [1.807, 2.05) is 0 Å². The van der Waals surface area contributed by atoms with Gasteiger partial charge in [-0.05, 0) is 6.92 Å². The highest BCUT2D eigenvalue weighted by Crippen LogP contribution is 1.87. The number of hydrogen-bond acceptors (Lipinski definition) is 3. The minimum absolute atomic E-state index is 0.0151. The summed E-state index contributed by atoms with van der Waals surface area (Å²) in [6.45, 7) is 2.13. The third-order valence-electron chi connectivity index (χ3n) is 1.15. The number of nitrogens with one attached hydrogen (secondary N) is 1. The molecule has 0 radical (unpaired) electrons. The van der Waals surface area contributed by atoms with Gasteiger partial charge in [-0.3, -0.25) is 10.1 Å². The largest absolute Gasteiger partial charge is 0.370 e. The Bertz CT molecular complexity index is 108. The van der Waals surface area contributed by atoms with Crippen molar-refractivity contribution in [1.29, 1.82) is 0 Å². The van der Waals surface area contributed by atoms with Gasteiger partial charge < -0.3 is 4.74 Å². The summed E-state index contributed by atoms with van der Waals surface area (Å²) in [6, 6.07) is -0.211. The summed E-state index contributed by atoms with van der Waals surface area (Å²) in [4.78, 5) is 10.8. The molecule has 0 spiro atoms. The average Bonchev–Trinajstić information content (AvgIpc) is 1.98. The topological polar surface area (TPSA) is 38.3 Å².